The van der Waals surface area contributed by atoms with Gasteiger partial charge < -0.3 is 15.6 Å². The number of hydrogen-bond acceptors (Lipinski definition) is 2. The third kappa shape index (κ3) is 1.85. The molecule has 12 heavy (non-hydrogen) atoms. The van der Waals surface area contributed by atoms with Crippen LogP contribution in [0.3, 0.4) is 0 Å². The summed E-state index contributed by atoms with van der Waals surface area (Å²) in [6.07, 6.45) is 1.50. The van der Waals surface area contributed by atoms with Crippen LogP contribution in [0.2, 0.25) is 0 Å². The van der Waals surface area contributed by atoms with E-state index in [9.17, 15) is 9.59 Å². The van der Waals surface area contributed by atoms with E-state index in [2.05, 4.69) is 15.6 Å². The van der Waals surface area contributed by atoms with Crippen molar-refractivity contribution in [3.8, 4) is 0 Å². The van der Waals surface area contributed by atoms with Crippen LogP contribution in [0, 0.1) is 0 Å². The number of urea groups is 1. The Morgan fingerprint density at radius 1 is 1.58 bits per heavy atom. The number of amides is 2. The Labute approximate surface area is 68.8 Å². The van der Waals surface area contributed by atoms with Gasteiger partial charge in [-0.05, 0) is 12.1 Å². The summed E-state index contributed by atoms with van der Waals surface area (Å²) in [5.74, 6) is 0. The maximum atomic E-state index is 11.0. The first-order valence-electron chi connectivity index (χ1n) is 3.40. The van der Waals surface area contributed by atoms with Crippen molar-refractivity contribution in [1.82, 2.24) is 10.3 Å². The number of pyridine rings is 1. The van der Waals surface area contributed by atoms with Crippen LogP contribution in [0.5, 0.6) is 0 Å². The zero-order valence-electron chi connectivity index (χ0n) is 6.55. The molecule has 1 heterocycles. The SMILES string of the molecule is CNC(=O)Nc1ccc[nH]c1=O. The number of carbonyl (C=O) groups excluding carboxylic acids is 1. The van der Waals surface area contributed by atoms with Gasteiger partial charge in [-0.3, -0.25) is 4.79 Å². The first-order valence-corrected chi connectivity index (χ1v) is 3.40. The third-order valence-corrected chi connectivity index (χ3v) is 1.29. The Hall–Kier alpha value is -1.78. The first kappa shape index (κ1) is 8.32. The molecular formula is C7H9N3O2. The highest BCUT2D eigenvalue weighted by Crippen LogP contribution is 1.94. The van der Waals surface area contributed by atoms with Crippen LogP contribution in [0.25, 0.3) is 0 Å². The van der Waals surface area contributed by atoms with Gasteiger partial charge in [-0.15, -0.1) is 0 Å². The van der Waals surface area contributed by atoms with Crippen molar-refractivity contribution in [3.05, 3.63) is 28.7 Å². The molecule has 5 nitrogen and oxygen atoms in total. The summed E-state index contributed by atoms with van der Waals surface area (Å²) in [5.41, 5.74) is -0.0852. The van der Waals surface area contributed by atoms with Crippen molar-refractivity contribution >= 4 is 11.7 Å². The van der Waals surface area contributed by atoms with Crippen molar-refractivity contribution < 1.29 is 4.79 Å². The molecule has 0 spiro atoms. The summed E-state index contributed by atoms with van der Waals surface area (Å²) >= 11 is 0. The molecule has 1 rings (SSSR count). The van der Waals surface area contributed by atoms with Gasteiger partial charge in [0.1, 0.15) is 5.69 Å². The molecule has 0 aliphatic heterocycles. The lowest BCUT2D eigenvalue weighted by Crippen LogP contribution is -2.27. The van der Waals surface area contributed by atoms with Gasteiger partial charge in [0.2, 0.25) is 0 Å². The van der Waals surface area contributed by atoms with Crippen molar-refractivity contribution in [2.24, 2.45) is 0 Å². The molecular weight excluding hydrogens is 158 g/mol. The summed E-state index contributed by atoms with van der Waals surface area (Å²) < 4.78 is 0. The Kier molecular flexibility index (Phi) is 2.47. The molecule has 0 bridgehead atoms. The number of rotatable bonds is 1. The zero-order valence-corrected chi connectivity index (χ0v) is 6.55. The van der Waals surface area contributed by atoms with Crippen LogP contribution >= 0.6 is 0 Å². The van der Waals surface area contributed by atoms with Gasteiger partial charge in [-0.1, -0.05) is 0 Å². The standard InChI is InChI=1S/C7H9N3O2/c1-8-7(12)10-5-3-2-4-9-6(5)11/h2-4H,1H3,(H,9,11)(H2,8,10,12). The Balaban J connectivity index is 2.83. The maximum Gasteiger partial charge on any atom is 0.319 e. The van der Waals surface area contributed by atoms with Gasteiger partial charge in [0.25, 0.3) is 5.56 Å². The summed E-state index contributed by atoms with van der Waals surface area (Å²) in [6, 6.07) is 2.74. The van der Waals surface area contributed by atoms with E-state index in [-0.39, 0.29) is 11.2 Å². The molecule has 3 N–H and O–H groups in total. The molecule has 0 aliphatic carbocycles. The van der Waals surface area contributed by atoms with Crippen molar-refractivity contribution in [2.45, 2.75) is 0 Å². The Bertz CT molecular complexity index is 331. The van der Waals surface area contributed by atoms with Crippen molar-refractivity contribution in [2.75, 3.05) is 12.4 Å². The molecule has 2 amide bonds. The lowest BCUT2D eigenvalue weighted by atomic mass is 10.4. The highest BCUT2D eigenvalue weighted by molar-refractivity contribution is 5.88. The second kappa shape index (κ2) is 3.56. The molecule has 1 aromatic heterocycles. The van der Waals surface area contributed by atoms with E-state index in [1.165, 1.54) is 19.3 Å². The lowest BCUT2D eigenvalue weighted by molar-refractivity contribution is 0.254. The molecule has 0 radical (unpaired) electrons. The minimum Gasteiger partial charge on any atom is -0.341 e. The summed E-state index contributed by atoms with van der Waals surface area (Å²) in [4.78, 5) is 24.2. The third-order valence-electron chi connectivity index (χ3n) is 1.29. The van der Waals surface area contributed by atoms with Crippen molar-refractivity contribution in [3.63, 3.8) is 0 Å². The van der Waals surface area contributed by atoms with E-state index in [0.717, 1.165) is 0 Å². The zero-order chi connectivity index (χ0) is 8.97. The van der Waals surface area contributed by atoms with Gasteiger partial charge in [0, 0.05) is 13.2 Å². The van der Waals surface area contributed by atoms with Crippen LogP contribution in [0.15, 0.2) is 23.1 Å². The van der Waals surface area contributed by atoms with Gasteiger partial charge in [-0.2, -0.15) is 0 Å². The van der Waals surface area contributed by atoms with E-state index < -0.39 is 6.03 Å². The number of aromatic amines is 1. The Morgan fingerprint density at radius 3 is 2.92 bits per heavy atom. The normalized spacial score (nSPS) is 9.08. The van der Waals surface area contributed by atoms with E-state index in [1.807, 2.05) is 0 Å². The fourth-order valence-corrected chi connectivity index (χ4v) is 0.705. The molecule has 0 saturated carbocycles. The number of nitrogens with one attached hydrogen (secondary N) is 3. The lowest BCUT2D eigenvalue weighted by Gasteiger charge is -2.01. The van der Waals surface area contributed by atoms with E-state index in [0.29, 0.717) is 0 Å². The second-order valence-electron chi connectivity index (χ2n) is 2.12. The van der Waals surface area contributed by atoms with Crippen LogP contribution in [0.4, 0.5) is 10.5 Å². The minimum atomic E-state index is -0.410. The van der Waals surface area contributed by atoms with Gasteiger partial charge in [-0.25, -0.2) is 4.79 Å². The van der Waals surface area contributed by atoms with Gasteiger partial charge in [0.15, 0.2) is 0 Å². The molecule has 0 atom stereocenters. The molecule has 0 unspecified atom stereocenters. The van der Waals surface area contributed by atoms with E-state index in [1.54, 1.807) is 6.07 Å². The smallest absolute Gasteiger partial charge is 0.319 e. The highest BCUT2D eigenvalue weighted by atomic mass is 16.2. The van der Waals surface area contributed by atoms with E-state index >= 15 is 0 Å². The molecule has 0 aliphatic rings. The van der Waals surface area contributed by atoms with Gasteiger partial charge in [0.05, 0.1) is 0 Å². The first-order chi connectivity index (χ1) is 5.74. The second-order valence-corrected chi connectivity index (χ2v) is 2.12. The van der Waals surface area contributed by atoms with Crippen LogP contribution in [0.1, 0.15) is 0 Å². The summed E-state index contributed by atoms with van der Waals surface area (Å²) in [7, 11) is 1.48. The monoisotopic (exact) mass is 167 g/mol. The highest BCUT2D eigenvalue weighted by Gasteiger charge is 2.00. The predicted octanol–water partition coefficient (Wildman–Crippen LogP) is 0.126. The molecule has 0 aromatic carbocycles. The minimum absolute atomic E-state index is 0.233. The maximum absolute atomic E-state index is 11.0. The molecule has 5 heteroatoms. The van der Waals surface area contributed by atoms with Gasteiger partial charge >= 0.3 is 6.03 Å². The fourth-order valence-electron chi connectivity index (χ4n) is 0.705. The summed E-state index contributed by atoms with van der Waals surface area (Å²) in [6.45, 7) is 0. The average molecular weight is 167 g/mol. The largest absolute Gasteiger partial charge is 0.341 e. The number of aromatic nitrogens is 1. The number of carbonyl (C=O) groups is 1. The Morgan fingerprint density at radius 2 is 2.33 bits per heavy atom. The topological polar surface area (TPSA) is 74.0 Å². The molecule has 1 aromatic rings. The summed E-state index contributed by atoms with van der Waals surface area (Å²) in [5, 5.41) is 4.70. The van der Waals surface area contributed by atoms with Crippen LogP contribution < -0.4 is 16.2 Å². The quantitative estimate of drug-likeness (QED) is 0.556. The molecule has 64 valence electrons. The van der Waals surface area contributed by atoms with Crippen molar-refractivity contribution in [1.29, 1.82) is 0 Å². The average Bonchev–Trinajstić information content (AvgIpc) is 2.09. The molecule has 0 fully saturated rings. The van der Waals surface area contributed by atoms with Crippen LogP contribution in [-0.4, -0.2) is 18.1 Å². The number of H-pyrrole nitrogens is 1. The fraction of sp³-hybridized carbons (Fsp3) is 0.143. The predicted molar refractivity (Wildman–Crippen MR) is 45.1 cm³/mol. The number of hydrogen-bond donors (Lipinski definition) is 3. The number of anilines is 1. The van der Waals surface area contributed by atoms with E-state index in [4.69, 9.17) is 0 Å². The van der Waals surface area contributed by atoms with Crippen LogP contribution in [-0.2, 0) is 0 Å². The molecule has 0 saturated heterocycles.